The van der Waals surface area contributed by atoms with Crippen LogP contribution in [0.2, 0.25) is 5.02 Å². The monoisotopic (exact) mass is 285 g/mol. The van der Waals surface area contributed by atoms with Crippen LogP contribution in [-0.4, -0.2) is 31.5 Å². The Morgan fingerprint density at radius 2 is 2.37 bits per heavy atom. The van der Waals surface area contributed by atoms with Gasteiger partial charge in [0.15, 0.2) is 11.5 Å². The van der Waals surface area contributed by atoms with Gasteiger partial charge in [0, 0.05) is 35.8 Å². The van der Waals surface area contributed by atoms with Gasteiger partial charge in [-0.05, 0) is 25.3 Å². The van der Waals surface area contributed by atoms with Crippen LogP contribution in [0.3, 0.4) is 0 Å². The molecule has 1 heterocycles. The van der Waals surface area contributed by atoms with Crippen molar-refractivity contribution in [2.45, 2.75) is 25.9 Å². The highest BCUT2D eigenvalue weighted by Gasteiger charge is 2.22. The Morgan fingerprint density at radius 3 is 3.00 bits per heavy atom. The fourth-order valence-corrected chi connectivity index (χ4v) is 2.53. The molecule has 0 aromatic heterocycles. The van der Waals surface area contributed by atoms with Crippen molar-refractivity contribution in [3.63, 3.8) is 0 Å². The molecule has 5 heteroatoms. The first kappa shape index (κ1) is 14.4. The number of aromatic hydroxyl groups is 1. The zero-order chi connectivity index (χ0) is 13.8. The van der Waals surface area contributed by atoms with Crippen molar-refractivity contribution >= 4 is 11.6 Å². The maximum Gasteiger partial charge on any atom is 0.162 e. The van der Waals surface area contributed by atoms with Crippen molar-refractivity contribution in [2.24, 2.45) is 5.92 Å². The quantitative estimate of drug-likeness (QED) is 0.873. The molecule has 0 saturated carbocycles. The fraction of sp³-hybridized carbons (Fsp3) is 0.571. The predicted octanol–water partition coefficient (Wildman–Crippen LogP) is 2.57. The molecule has 1 saturated heterocycles. The second-order valence-corrected chi connectivity index (χ2v) is 5.35. The maximum absolute atomic E-state index is 10.0. The van der Waals surface area contributed by atoms with E-state index in [0.29, 0.717) is 29.3 Å². The molecule has 2 rings (SSSR count). The van der Waals surface area contributed by atoms with E-state index in [9.17, 15) is 5.11 Å². The number of phenols is 1. The second-order valence-electron chi connectivity index (χ2n) is 4.91. The number of hydrogen-bond acceptors (Lipinski definition) is 4. The third-order valence-electron chi connectivity index (χ3n) is 3.63. The minimum absolute atomic E-state index is 0.147. The summed E-state index contributed by atoms with van der Waals surface area (Å²) in [6.07, 6.45) is 1.08. The average Bonchev–Trinajstić information content (AvgIpc) is 2.93. The Bertz CT molecular complexity index is 433. The zero-order valence-corrected chi connectivity index (χ0v) is 12.0. The van der Waals surface area contributed by atoms with Crippen LogP contribution in [0.15, 0.2) is 12.1 Å². The first-order valence-electron chi connectivity index (χ1n) is 6.48. The Hall–Kier alpha value is -0.970. The molecule has 0 aliphatic carbocycles. The molecule has 0 bridgehead atoms. The molecule has 0 spiro atoms. The third-order valence-corrected chi connectivity index (χ3v) is 3.84. The van der Waals surface area contributed by atoms with E-state index in [1.807, 2.05) is 0 Å². The lowest BCUT2D eigenvalue weighted by Crippen LogP contribution is -2.33. The first-order valence-corrected chi connectivity index (χ1v) is 6.86. The molecule has 0 amide bonds. The Kier molecular flexibility index (Phi) is 4.91. The molecule has 2 unspecified atom stereocenters. The van der Waals surface area contributed by atoms with Gasteiger partial charge in [-0.2, -0.15) is 0 Å². The summed E-state index contributed by atoms with van der Waals surface area (Å²) < 4.78 is 10.5. The summed E-state index contributed by atoms with van der Waals surface area (Å²) in [5.74, 6) is 1.08. The summed E-state index contributed by atoms with van der Waals surface area (Å²) >= 11 is 6.00. The molecule has 4 nitrogen and oxygen atoms in total. The van der Waals surface area contributed by atoms with Crippen molar-refractivity contribution in [3.05, 3.63) is 22.7 Å². The first-order chi connectivity index (χ1) is 9.11. The van der Waals surface area contributed by atoms with Gasteiger partial charge in [-0.25, -0.2) is 0 Å². The number of hydrogen-bond donors (Lipinski definition) is 2. The van der Waals surface area contributed by atoms with E-state index in [1.54, 1.807) is 12.1 Å². The van der Waals surface area contributed by atoms with Crippen LogP contribution in [0.4, 0.5) is 0 Å². The number of ether oxygens (including phenoxy) is 2. The molecule has 2 atom stereocenters. The lowest BCUT2D eigenvalue weighted by atomic mass is 10.0. The summed E-state index contributed by atoms with van der Waals surface area (Å²) in [7, 11) is 1.51. The number of halogens is 1. The number of methoxy groups -OCH3 is 1. The van der Waals surface area contributed by atoms with Crippen LogP contribution >= 0.6 is 11.6 Å². The van der Waals surface area contributed by atoms with Crippen molar-refractivity contribution in [1.29, 1.82) is 0 Å². The summed E-state index contributed by atoms with van der Waals surface area (Å²) in [4.78, 5) is 0. The molecular weight excluding hydrogens is 266 g/mol. The molecule has 1 fully saturated rings. The topological polar surface area (TPSA) is 50.7 Å². The van der Waals surface area contributed by atoms with Crippen molar-refractivity contribution in [3.8, 4) is 11.5 Å². The molecule has 1 aliphatic heterocycles. The van der Waals surface area contributed by atoms with Crippen molar-refractivity contribution < 1.29 is 14.6 Å². The van der Waals surface area contributed by atoms with Gasteiger partial charge < -0.3 is 19.9 Å². The molecule has 1 aromatic carbocycles. The van der Waals surface area contributed by atoms with Gasteiger partial charge in [0.1, 0.15) is 0 Å². The van der Waals surface area contributed by atoms with Gasteiger partial charge in [0.25, 0.3) is 0 Å². The van der Waals surface area contributed by atoms with E-state index in [0.717, 1.165) is 25.2 Å². The molecule has 19 heavy (non-hydrogen) atoms. The second kappa shape index (κ2) is 6.46. The predicted molar refractivity (Wildman–Crippen MR) is 74.9 cm³/mol. The van der Waals surface area contributed by atoms with Crippen LogP contribution in [0, 0.1) is 5.92 Å². The summed E-state index contributed by atoms with van der Waals surface area (Å²) in [6, 6.07) is 3.70. The summed E-state index contributed by atoms with van der Waals surface area (Å²) in [5.41, 5.74) is 0.745. The van der Waals surface area contributed by atoms with Crippen LogP contribution in [-0.2, 0) is 11.3 Å². The van der Waals surface area contributed by atoms with Crippen LogP contribution in [0.25, 0.3) is 0 Å². The normalized spacial score (nSPS) is 20.5. The van der Waals surface area contributed by atoms with Crippen molar-refractivity contribution in [1.82, 2.24) is 5.32 Å². The van der Waals surface area contributed by atoms with E-state index in [2.05, 4.69) is 12.2 Å². The number of rotatable bonds is 5. The average molecular weight is 286 g/mol. The van der Waals surface area contributed by atoms with Gasteiger partial charge in [-0.15, -0.1) is 0 Å². The van der Waals surface area contributed by atoms with Crippen LogP contribution in [0.1, 0.15) is 18.9 Å². The smallest absolute Gasteiger partial charge is 0.162 e. The van der Waals surface area contributed by atoms with Gasteiger partial charge in [0.05, 0.1) is 13.7 Å². The minimum atomic E-state index is 0.147. The largest absolute Gasteiger partial charge is 0.504 e. The molecule has 1 aliphatic rings. The molecule has 2 N–H and O–H groups in total. The molecule has 0 radical (unpaired) electrons. The lowest BCUT2D eigenvalue weighted by molar-refractivity contribution is 0.178. The zero-order valence-electron chi connectivity index (χ0n) is 11.3. The SMILES string of the molecule is COc1cc(Cl)cc(CNC(C)C2CCOC2)c1O. The van der Waals surface area contributed by atoms with Gasteiger partial charge in [0.2, 0.25) is 0 Å². The van der Waals surface area contributed by atoms with Crippen molar-refractivity contribution in [2.75, 3.05) is 20.3 Å². The fourth-order valence-electron chi connectivity index (χ4n) is 2.30. The molecular formula is C14H20ClNO3. The van der Waals surface area contributed by atoms with E-state index < -0.39 is 0 Å². The maximum atomic E-state index is 10.0. The highest BCUT2D eigenvalue weighted by molar-refractivity contribution is 6.30. The summed E-state index contributed by atoms with van der Waals surface area (Å²) in [5, 5.41) is 14.0. The summed E-state index contributed by atoms with van der Waals surface area (Å²) in [6.45, 7) is 4.34. The van der Waals surface area contributed by atoms with Gasteiger partial charge >= 0.3 is 0 Å². The van der Waals surface area contributed by atoms with E-state index >= 15 is 0 Å². The number of nitrogens with one attached hydrogen (secondary N) is 1. The van der Waals surface area contributed by atoms with Crippen LogP contribution < -0.4 is 10.1 Å². The minimum Gasteiger partial charge on any atom is -0.504 e. The van der Waals surface area contributed by atoms with E-state index in [-0.39, 0.29) is 5.75 Å². The Morgan fingerprint density at radius 1 is 1.58 bits per heavy atom. The lowest BCUT2D eigenvalue weighted by Gasteiger charge is -2.20. The number of benzene rings is 1. The number of phenolic OH excluding ortho intramolecular Hbond substituents is 1. The third kappa shape index (κ3) is 3.53. The van der Waals surface area contributed by atoms with Crippen LogP contribution in [0.5, 0.6) is 11.5 Å². The Labute approximate surface area is 118 Å². The van der Waals surface area contributed by atoms with Gasteiger partial charge in [-0.1, -0.05) is 11.6 Å². The highest BCUT2D eigenvalue weighted by atomic mass is 35.5. The molecule has 1 aromatic rings. The van der Waals surface area contributed by atoms with Gasteiger partial charge in [-0.3, -0.25) is 0 Å². The standard InChI is InChI=1S/C14H20ClNO3/c1-9(10-3-4-19-8-10)16-7-11-5-12(15)6-13(18-2)14(11)17/h5-6,9-10,16-17H,3-4,7-8H2,1-2H3. The Balaban J connectivity index is 2.00. The van der Waals surface area contributed by atoms with E-state index in [1.165, 1.54) is 7.11 Å². The van der Waals surface area contributed by atoms with E-state index in [4.69, 9.17) is 21.1 Å². The highest BCUT2D eigenvalue weighted by Crippen LogP contribution is 2.33. The molecule has 106 valence electrons.